The standard InChI is InChI=1S/C18H27N3S/c1-13(2)21-14(3)5-4-6-15-7-9-16(10-8-15)18-20-12-17(11-19)22-18/h7-10,12-14,21H,4-6,11,19H2,1-3H3. The van der Waals surface area contributed by atoms with E-state index in [9.17, 15) is 0 Å². The molecule has 0 saturated heterocycles. The maximum atomic E-state index is 5.64. The zero-order valence-electron chi connectivity index (χ0n) is 13.8. The molecule has 0 radical (unpaired) electrons. The summed E-state index contributed by atoms with van der Waals surface area (Å²) in [6.45, 7) is 7.23. The van der Waals surface area contributed by atoms with Gasteiger partial charge in [-0.05, 0) is 31.7 Å². The Kier molecular flexibility index (Phi) is 6.55. The van der Waals surface area contributed by atoms with Gasteiger partial charge in [0.1, 0.15) is 5.01 Å². The molecule has 2 rings (SSSR count). The van der Waals surface area contributed by atoms with Crippen LogP contribution in [0.25, 0.3) is 10.6 Å². The van der Waals surface area contributed by atoms with E-state index in [1.165, 1.54) is 24.0 Å². The van der Waals surface area contributed by atoms with Gasteiger partial charge in [-0.15, -0.1) is 11.3 Å². The molecular formula is C18H27N3S. The van der Waals surface area contributed by atoms with Crippen molar-refractivity contribution >= 4 is 11.3 Å². The molecule has 0 fully saturated rings. The average molecular weight is 318 g/mol. The molecule has 3 nitrogen and oxygen atoms in total. The Hall–Kier alpha value is -1.23. The molecule has 1 aromatic heterocycles. The first-order chi connectivity index (χ1) is 10.6. The number of rotatable bonds is 8. The molecule has 0 saturated carbocycles. The third-order valence-electron chi connectivity index (χ3n) is 3.68. The molecule has 1 atom stereocenters. The van der Waals surface area contributed by atoms with Crippen LogP contribution in [-0.4, -0.2) is 17.1 Å². The summed E-state index contributed by atoms with van der Waals surface area (Å²) in [4.78, 5) is 5.56. The molecule has 0 aliphatic heterocycles. The Bertz CT molecular complexity index is 560. The summed E-state index contributed by atoms with van der Waals surface area (Å²) >= 11 is 1.67. The predicted octanol–water partition coefficient (Wildman–Crippen LogP) is 3.98. The second-order valence-corrected chi connectivity index (χ2v) is 7.26. The maximum absolute atomic E-state index is 5.64. The van der Waals surface area contributed by atoms with E-state index in [2.05, 4.69) is 55.3 Å². The zero-order valence-corrected chi connectivity index (χ0v) is 14.6. The molecule has 0 aliphatic carbocycles. The van der Waals surface area contributed by atoms with Crippen molar-refractivity contribution in [1.82, 2.24) is 10.3 Å². The molecule has 2 aromatic rings. The Morgan fingerprint density at radius 1 is 1.18 bits per heavy atom. The van der Waals surface area contributed by atoms with E-state index in [-0.39, 0.29) is 0 Å². The number of nitrogens with zero attached hydrogens (tertiary/aromatic N) is 1. The smallest absolute Gasteiger partial charge is 0.123 e. The van der Waals surface area contributed by atoms with Crippen molar-refractivity contribution in [2.45, 2.75) is 58.7 Å². The van der Waals surface area contributed by atoms with Crippen LogP contribution < -0.4 is 11.1 Å². The van der Waals surface area contributed by atoms with Gasteiger partial charge in [0, 0.05) is 35.3 Å². The third-order valence-corrected chi connectivity index (χ3v) is 4.74. The molecule has 1 heterocycles. The second-order valence-electron chi connectivity index (χ2n) is 6.15. The predicted molar refractivity (Wildman–Crippen MR) is 96.1 cm³/mol. The van der Waals surface area contributed by atoms with Crippen molar-refractivity contribution in [3.8, 4) is 10.6 Å². The van der Waals surface area contributed by atoms with Gasteiger partial charge in [-0.2, -0.15) is 0 Å². The van der Waals surface area contributed by atoms with Crippen molar-refractivity contribution < 1.29 is 0 Å². The summed E-state index contributed by atoms with van der Waals surface area (Å²) in [5, 5.41) is 4.61. The van der Waals surface area contributed by atoms with Crippen LogP contribution in [0.4, 0.5) is 0 Å². The molecule has 0 bridgehead atoms. The van der Waals surface area contributed by atoms with Crippen molar-refractivity contribution in [2.24, 2.45) is 5.73 Å². The van der Waals surface area contributed by atoms with Gasteiger partial charge in [0.15, 0.2) is 0 Å². The summed E-state index contributed by atoms with van der Waals surface area (Å²) in [6.07, 6.45) is 5.44. The zero-order chi connectivity index (χ0) is 15.9. The number of aryl methyl sites for hydroxylation is 1. The minimum absolute atomic E-state index is 0.561. The highest BCUT2D eigenvalue weighted by Crippen LogP contribution is 2.25. The van der Waals surface area contributed by atoms with E-state index in [4.69, 9.17) is 5.73 Å². The lowest BCUT2D eigenvalue weighted by molar-refractivity contribution is 0.455. The highest BCUT2D eigenvalue weighted by atomic mass is 32.1. The van der Waals surface area contributed by atoms with Crippen molar-refractivity contribution in [2.75, 3.05) is 0 Å². The number of nitrogens with two attached hydrogens (primary N) is 1. The van der Waals surface area contributed by atoms with Crippen LogP contribution in [0.5, 0.6) is 0 Å². The van der Waals surface area contributed by atoms with E-state index < -0.39 is 0 Å². The molecular weight excluding hydrogens is 290 g/mol. The first-order valence-corrected chi connectivity index (χ1v) is 8.90. The molecule has 4 heteroatoms. The topological polar surface area (TPSA) is 50.9 Å². The first-order valence-electron chi connectivity index (χ1n) is 8.08. The number of benzene rings is 1. The van der Waals surface area contributed by atoms with Crippen molar-refractivity contribution in [3.05, 3.63) is 40.9 Å². The molecule has 0 aliphatic rings. The Balaban J connectivity index is 1.84. The quantitative estimate of drug-likeness (QED) is 0.774. The Morgan fingerprint density at radius 3 is 2.50 bits per heavy atom. The lowest BCUT2D eigenvalue weighted by Crippen LogP contribution is -2.32. The van der Waals surface area contributed by atoms with Crippen LogP contribution >= 0.6 is 11.3 Å². The van der Waals surface area contributed by atoms with Crippen LogP contribution in [0.1, 0.15) is 44.1 Å². The van der Waals surface area contributed by atoms with Crippen LogP contribution in [0.2, 0.25) is 0 Å². The minimum Gasteiger partial charge on any atom is -0.326 e. The second kappa shape index (κ2) is 8.42. The van der Waals surface area contributed by atoms with Gasteiger partial charge in [-0.1, -0.05) is 38.1 Å². The third kappa shape index (κ3) is 5.20. The normalized spacial score (nSPS) is 12.8. The fourth-order valence-corrected chi connectivity index (χ4v) is 3.41. The number of nitrogens with one attached hydrogen (secondary N) is 1. The van der Waals surface area contributed by atoms with Gasteiger partial charge < -0.3 is 11.1 Å². The Labute approximate surface area is 138 Å². The van der Waals surface area contributed by atoms with E-state index >= 15 is 0 Å². The van der Waals surface area contributed by atoms with Gasteiger partial charge in [0.2, 0.25) is 0 Å². The SMILES string of the molecule is CC(C)NC(C)CCCc1ccc(-c2ncc(CN)s2)cc1. The number of thiazole rings is 1. The summed E-state index contributed by atoms with van der Waals surface area (Å²) in [6, 6.07) is 9.93. The summed E-state index contributed by atoms with van der Waals surface area (Å²) in [5.41, 5.74) is 8.22. The van der Waals surface area contributed by atoms with Crippen LogP contribution in [0.15, 0.2) is 30.5 Å². The molecule has 1 unspecified atom stereocenters. The lowest BCUT2D eigenvalue weighted by atomic mass is 10.0. The first kappa shape index (κ1) is 17.1. The largest absolute Gasteiger partial charge is 0.326 e. The summed E-state index contributed by atoms with van der Waals surface area (Å²) < 4.78 is 0. The van der Waals surface area contributed by atoms with Gasteiger partial charge in [-0.3, -0.25) is 0 Å². The van der Waals surface area contributed by atoms with Crippen LogP contribution in [0.3, 0.4) is 0 Å². The highest BCUT2D eigenvalue weighted by molar-refractivity contribution is 7.15. The van der Waals surface area contributed by atoms with E-state index in [0.29, 0.717) is 18.6 Å². The van der Waals surface area contributed by atoms with E-state index in [1.54, 1.807) is 11.3 Å². The van der Waals surface area contributed by atoms with Crippen molar-refractivity contribution in [1.29, 1.82) is 0 Å². The summed E-state index contributed by atoms with van der Waals surface area (Å²) in [7, 11) is 0. The number of hydrogen-bond acceptors (Lipinski definition) is 4. The number of aromatic nitrogens is 1. The molecule has 0 spiro atoms. The highest BCUT2D eigenvalue weighted by Gasteiger charge is 2.05. The van der Waals surface area contributed by atoms with Gasteiger partial charge in [0.05, 0.1) is 0 Å². The van der Waals surface area contributed by atoms with Gasteiger partial charge in [0.25, 0.3) is 0 Å². The average Bonchev–Trinajstić information content (AvgIpc) is 2.96. The Morgan fingerprint density at radius 2 is 1.91 bits per heavy atom. The maximum Gasteiger partial charge on any atom is 0.123 e. The fraction of sp³-hybridized carbons (Fsp3) is 0.500. The van der Waals surface area contributed by atoms with Crippen molar-refractivity contribution in [3.63, 3.8) is 0 Å². The molecule has 120 valence electrons. The monoisotopic (exact) mass is 317 g/mol. The number of hydrogen-bond donors (Lipinski definition) is 2. The van der Waals surface area contributed by atoms with E-state index in [1.807, 2.05) is 6.20 Å². The van der Waals surface area contributed by atoms with Gasteiger partial charge >= 0.3 is 0 Å². The van der Waals surface area contributed by atoms with Crippen LogP contribution in [-0.2, 0) is 13.0 Å². The molecule has 1 aromatic carbocycles. The summed E-state index contributed by atoms with van der Waals surface area (Å²) in [5.74, 6) is 0. The molecule has 3 N–H and O–H groups in total. The van der Waals surface area contributed by atoms with E-state index in [0.717, 1.165) is 16.3 Å². The lowest BCUT2D eigenvalue weighted by Gasteiger charge is -2.16. The minimum atomic E-state index is 0.561. The fourth-order valence-electron chi connectivity index (χ4n) is 2.61. The molecule has 22 heavy (non-hydrogen) atoms. The molecule has 0 amide bonds. The van der Waals surface area contributed by atoms with Crippen LogP contribution in [0, 0.1) is 0 Å². The van der Waals surface area contributed by atoms with Gasteiger partial charge in [-0.25, -0.2) is 4.98 Å².